The van der Waals surface area contributed by atoms with E-state index in [4.69, 9.17) is 5.84 Å². The molecular formula is C17H22N4. The van der Waals surface area contributed by atoms with Gasteiger partial charge in [-0.3, -0.25) is 10.4 Å². The summed E-state index contributed by atoms with van der Waals surface area (Å²) in [6, 6.07) is 20.6. The molecular weight excluding hydrogens is 260 g/mol. The molecule has 0 aliphatic heterocycles. The molecule has 2 rings (SSSR count). The van der Waals surface area contributed by atoms with E-state index in [0.29, 0.717) is 5.96 Å². The second-order valence-electron chi connectivity index (χ2n) is 4.77. The van der Waals surface area contributed by atoms with Crippen LogP contribution in [0.4, 0.5) is 0 Å². The van der Waals surface area contributed by atoms with Crippen LogP contribution in [0.15, 0.2) is 65.7 Å². The molecule has 0 spiro atoms. The quantitative estimate of drug-likeness (QED) is 0.342. The number of hydrazine groups is 1. The molecule has 0 saturated heterocycles. The Balaban J connectivity index is 2.29. The Hall–Kier alpha value is -2.33. The summed E-state index contributed by atoms with van der Waals surface area (Å²) in [7, 11) is 0. The average Bonchev–Trinajstić information content (AvgIpc) is 2.57. The first-order valence-corrected chi connectivity index (χ1v) is 7.22. The molecule has 0 amide bonds. The molecule has 0 aliphatic carbocycles. The number of guanidine groups is 1. The molecule has 4 N–H and O–H groups in total. The van der Waals surface area contributed by atoms with Crippen molar-refractivity contribution in [3.8, 4) is 0 Å². The second kappa shape index (κ2) is 8.07. The molecule has 0 unspecified atom stereocenters. The van der Waals surface area contributed by atoms with Crippen molar-refractivity contribution in [2.75, 3.05) is 6.54 Å². The minimum absolute atomic E-state index is 0.0130. The molecule has 0 radical (unpaired) electrons. The number of nitrogens with two attached hydrogens (primary N) is 1. The van der Waals surface area contributed by atoms with Gasteiger partial charge in [-0.05, 0) is 17.5 Å². The Bertz CT molecular complexity index is 512. The Kier molecular flexibility index (Phi) is 5.79. The van der Waals surface area contributed by atoms with E-state index in [0.717, 1.165) is 13.0 Å². The van der Waals surface area contributed by atoms with Crippen molar-refractivity contribution in [1.82, 2.24) is 10.7 Å². The van der Waals surface area contributed by atoms with Gasteiger partial charge in [0.15, 0.2) is 0 Å². The van der Waals surface area contributed by atoms with E-state index in [-0.39, 0.29) is 6.04 Å². The van der Waals surface area contributed by atoms with Gasteiger partial charge in [0.1, 0.15) is 0 Å². The van der Waals surface area contributed by atoms with Gasteiger partial charge in [0.2, 0.25) is 5.96 Å². The first-order chi connectivity index (χ1) is 10.3. The zero-order chi connectivity index (χ0) is 14.9. The maximum atomic E-state index is 5.57. The molecule has 4 heteroatoms. The van der Waals surface area contributed by atoms with Gasteiger partial charge in [-0.15, -0.1) is 0 Å². The number of nitrogens with one attached hydrogen (secondary N) is 2. The van der Waals surface area contributed by atoms with E-state index in [9.17, 15) is 0 Å². The molecule has 4 nitrogen and oxygen atoms in total. The van der Waals surface area contributed by atoms with Gasteiger partial charge in [-0.1, -0.05) is 67.6 Å². The van der Waals surface area contributed by atoms with Gasteiger partial charge in [-0.25, -0.2) is 5.84 Å². The fourth-order valence-corrected chi connectivity index (χ4v) is 2.14. The topological polar surface area (TPSA) is 62.4 Å². The highest BCUT2D eigenvalue weighted by atomic mass is 15.3. The second-order valence-corrected chi connectivity index (χ2v) is 4.77. The van der Waals surface area contributed by atoms with Crippen molar-refractivity contribution < 1.29 is 0 Å². The summed E-state index contributed by atoms with van der Waals surface area (Å²) < 4.78 is 0. The van der Waals surface area contributed by atoms with Crippen LogP contribution >= 0.6 is 0 Å². The van der Waals surface area contributed by atoms with E-state index in [1.165, 1.54) is 11.1 Å². The van der Waals surface area contributed by atoms with Crippen LogP contribution in [0.2, 0.25) is 0 Å². The standard InChI is InChI=1S/C17H22N4/c1-2-13-19-17(21-18)20-16(14-9-5-3-6-10-14)15-11-7-4-8-12-15/h3-12,16H,2,13,18H2,1H3,(H2,19,20,21). The SMILES string of the molecule is CCCN=C(NN)NC(c1ccccc1)c1ccccc1. The molecule has 2 aromatic carbocycles. The number of benzene rings is 2. The fourth-order valence-electron chi connectivity index (χ4n) is 2.14. The maximum Gasteiger partial charge on any atom is 0.206 e. The molecule has 21 heavy (non-hydrogen) atoms. The average molecular weight is 282 g/mol. The number of nitrogens with zero attached hydrogens (tertiary/aromatic N) is 1. The van der Waals surface area contributed by atoms with Crippen LogP contribution in [0.25, 0.3) is 0 Å². The third-order valence-corrected chi connectivity index (χ3v) is 3.18. The summed E-state index contributed by atoms with van der Waals surface area (Å²) in [6.45, 7) is 2.83. The smallest absolute Gasteiger partial charge is 0.206 e. The maximum absolute atomic E-state index is 5.57. The summed E-state index contributed by atoms with van der Waals surface area (Å²) in [4.78, 5) is 4.42. The lowest BCUT2D eigenvalue weighted by molar-refractivity contribution is 0.723. The largest absolute Gasteiger partial charge is 0.344 e. The number of hydrogen-bond acceptors (Lipinski definition) is 2. The van der Waals surface area contributed by atoms with Gasteiger partial charge in [-0.2, -0.15) is 0 Å². The molecule has 0 bridgehead atoms. The summed E-state index contributed by atoms with van der Waals surface area (Å²) >= 11 is 0. The van der Waals surface area contributed by atoms with Crippen LogP contribution in [0.1, 0.15) is 30.5 Å². The van der Waals surface area contributed by atoms with Gasteiger partial charge >= 0.3 is 0 Å². The van der Waals surface area contributed by atoms with E-state index in [1.54, 1.807) is 0 Å². The van der Waals surface area contributed by atoms with Crippen molar-refractivity contribution in [3.05, 3.63) is 71.8 Å². The number of aliphatic imine (C=N–C) groups is 1. The van der Waals surface area contributed by atoms with Crippen LogP contribution in [0, 0.1) is 0 Å². The summed E-state index contributed by atoms with van der Waals surface area (Å²) in [5, 5.41) is 3.39. The van der Waals surface area contributed by atoms with Gasteiger partial charge in [0.25, 0.3) is 0 Å². The molecule has 0 aromatic heterocycles. The predicted molar refractivity (Wildman–Crippen MR) is 87.8 cm³/mol. The molecule has 0 fully saturated rings. The molecule has 0 atom stereocenters. The third-order valence-electron chi connectivity index (χ3n) is 3.18. The normalized spacial score (nSPS) is 11.5. The Morgan fingerprint density at radius 2 is 1.52 bits per heavy atom. The first kappa shape index (κ1) is 15.1. The highest BCUT2D eigenvalue weighted by molar-refractivity contribution is 5.80. The summed E-state index contributed by atoms with van der Waals surface area (Å²) in [5.41, 5.74) is 4.98. The lowest BCUT2D eigenvalue weighted by atomic mass is 9.99. The lowest BCUT2D eigenvalue weighted by Gasteiger charge is -2.21. The minimum atomic E-state index is 0.0130. The molecule has 2 aromatic rings. The van der Waals surface area contributed by atoms with E-state index >= 15 is 0 Å². The van der Waals surface area contributed by atoms with Crippen LogP contribution < -0.4 is 16.6 Å². The lowest BCUT2D eigenvalue weighted by Crippen LogP contribution is -2.43. The van der Waals surface area contributed by atoms with Crippen LogP contribution in [0.5, 0.6) is 0 Å². The van der Waals surface area contributed by atoms with E-state index < -0.39 is 0 Å². The first-order valence-electron chi connectivity index (χ1n) is 7.22. The molecule has 0 heterocycles. The Morgan fingerprint density at radius 1 is 1.00 bits per heavy atom. The minimum Gasteiger partial charge on any atom is -0.344 e. The van der Waals surface area contributed by atoms with Gasteiger partial charge in [0, 0.05) is 6.54 Å². The molecule has 0 saturated carbocycles. The van der Waals surface area contributed by atoms with Crippen molar-refractivity contribution in [2.45, 2.75) is 19.4 Å². The molecule has 0 aliphatic rings. The zero-order valence-electron chi connectivity index (χ0n) is 12.3. The van der Waals surface area contributed by atoms with E-state index in [1.807, 2.05) is 36.4 Å². The summed E-state index contributed by atoms with van der Waals surface area (Å²) in [5.74, 6) is 6.18. The third kappa shape index (κ3) is 4.33. The van der Waals surface area contributed by atoms with Crippen molar-refractivity contribution in [2.24, 2.45) is 10.8 Å². The monoisotopic (exact) mass is 282 g/mol. The Morgan fingerprint density at radius 3 is 1.95 bits per heavy atom. The van der Waals surface area contributed by atoms with Crippen LogP contribution in [0.3, 0.4) is 0 Å². The summed E-state index contributed by atoms with van der Waals surface area (Å²) in [6.07, 6.45) is 0.980. The fraction of sp³-hybridized carbons (Fsp3) is 0.235. The van der Waals surface area contributed by atoms with Gasteiger partial charge in [0.05, 0.1) is 6.04 Å². The van der Waals surface area contributed by atoms with Crippen molar-refractivity contribution in [3.63, 3.8) is 0 Å². The zero-order valence-corrected chi connectivity index (χ0v) is 12.3. The van der Waals surface area contributed by atoms with Crippen molar-refractivity contribution >= 4 is 5.96 Å². The highest BCUT2D eigenvalue weighted by Gasteiger charge is 2.14. The van der Waals surface area contributed by atoms with Gasteiger partial charge < -0.3 is 5.32 Å². The van der Waals surface area contributed by atoms with E-state index in [2.05, 4.69) is 46.9 Å². The molecule has 110 valence electrons. The van der Waals surface area contributed by atoms with Crippen molar-refractivity contribution in [1.29, 1.82) is 0 Å². The highest BCUT2D eigenvalue weighted by Crippen LogP contribution is 2.21. The number of hydrogen-bond donors (Lipinski definition) is 3. The predicted octanol–water partition coefficient (Wildman–Crippen LogP) is 2.59. The number of rotatable bonds is 5. The van der Waals surface area contributed by atoms with Crippen LogP contribution in [-0.4, -0.2) is 12.5 Å². The Labute approximate surface area is 126 Å². The van der Waals surface area contributed by atoms with Crippen LogP contribution in [-0.2, 0) is 0 Å².